The van der Waals surface area contributed by atoms with Crippen LogP contribution in [0.15, 0.2) is 36.4 Å². The molecule has 1 aromatic carbocycles. The first kappa shape index (κ1) is 23.1. The molecule has 1 rings (SSSR count). The molecule has 4 nitrogen and oxygen atoms in total. The Labute approximate surface area is 87.4 Å². The first-order chi connectivity index (χ1) is 6.33. The maximum Gasteiger partial charge on any atom is 0.221 e. The molecule has 15 heavy (non-hydrogen) atoms. The van der Waals surface area contributed by atoms with Crippen molar-refractivity contribution in [2.24, 2.45) is 5.84 Å². The van der Waals surface area contributed by atoms with E-state index in [1.54, 1.807) is 11.5 Å². The number of benzene rings is 1. The number of rotatable bonds is 1. The number of nitrogens with zero attached hydrogens (tertiary/aromatic N) is 1. The van der Waals surface area contributed by atoms with Gasteiger partial charge in [-0.25, -0.2) is 5.84 Å². The fraction of sp³-hybridized carbons (Fsp3) is 0.111. The highest BCUT2D eigenvalue weighted by Gasteiger charge is 1.57. The maximum atomic E-state index is 8.94. The molecule has 0 heterocycles. The predicted molar refractivity (Wildman–Crippen MR) is 56.1 cm³/mol. The number of hydrogen-bond acceptors (Lipinski definition) is 3. The fourth-order valence-corrected chi connectivity index (χ4v) is 0.385. The fourth-order valence-electron chi connectivity index (χ4n) is 0.385. The van der Waals surface area contributed by atoms with Crippen LogP contribution in [-0.2, 0) is 4.79 Å². The predicted octanol–water partition coefficient (Wildman–Crippen LogP) is 1.13. The van der Waals surface area contributed by atoms with Crippen LogP contribution >= 0.6 is 0 Å². The molecule has 1 aromatic rings. The molecule has 0 unspecified atom stereocenters. The van der Waals surface area contributed by atoms with Gasteiger partial charge in [0.25, 0.3) is 0 Å². The minimum atomic E-state index is 0. The molecule has 0 aliphatic heterocycles. The van der Waals surface area contributed by atoms with Gasteiger partial charge in [0.15, 0.2) is 0 Å². The Morgan fingerprint density at radius 2 is 1.27 bits per heavy atom. The van der Waals surface area contributed by atoms with Crippen LogP contribution in [0.1, 0.15) is 6.92 Å². The Morgan fingerprint density at radius 1 is 1.13 bits per heavy atom. The van der Waals surface area contributed by atoms with E-state index in [0.29, 0.717) is 6.41 Å². The molecule has 0 spiro atoms. The number of carbonyl (C=O) groups excluding carboxylic acids is 1. The van der Waals surface area contributed by atoms with Crippen molar-refractivity contribution in [3.8, 4) is 6.07 Å². The molecule has 0 aromatic heterocycles. The SMILES string of the molecule is CC#N.F.F.NNC=O.c1ccccc1. The third-order valence-electron chi connectivity index (χ3n) is 0.735. The Kier molecular flexibility index (Phi) is 45.7. The van der Waals surface area contributed by atoms with Crippen molar-refractivity contribution < 1.29 is 14.2 Å². The van der Waals surface area contributed by atoms with Gasteiger partial charge >= 0.3 is 0 Å². The number of nitriles is 1. The van der Waals surface area contributed by atoms with Gasteiger partial charge < -0.3 is 0 Å². The summed E-state index contributed by atoms with van der Waals surface area (Å²) in [5.74, 6) is 4.41. The average molecular weight is 219 g/mol. The van der Waals surface area contributed by atoms with Crippen molar-refractivity contribution in [1.29, 1.82) is 5.26 Å². The molecule has 3 N–H and O–H groups in total. The second-order valence-electron chi connectivity index (χ2n) is 1.66. The number of nitrogens with one attached hydrogen (secondary N) is 1. The standard InChI is InChI=1S/C6H6.C2H3N.CH4N2O.2FH/c1-2-4-6-5-3-1;1-2-3;2-3-1-4;;/h1-6H;1H3;1H,2H2,(H,3,4);2*1H. The van der Waals surface area contributed by atoms with Gasteiger partial charge in [0.1, 0.15) is 0 Å². The van der Waals surface area contributed by atoms with E-state index in [1.165, 1.54) is 6.92 Å². The monoisotopic (exact) mass is 219 g/mol. The van der Waals surface area contributed by atoms with Crippen molar-refractivity contribution in [2.45, 2.75) is 6.92 Å². The molecule has 0 aliphatic rings. The van der Waals surface area contributed by atoms with Crippen LogP contribution in [0, 0.1) is 11.3 Å². The van der Waals surface area contributed by atoms with E-state index >= 15 is 0 Å². The van der Waals surface area contributed by atoms with Crippen LogP contribution < -0.4 is 11.3 Å². The molecular weight excluding hydrogens is 204 g/mol. The van der Waals surface area contributed by atoms with Gasteiger partial charge in [-0.2, -0.15) is 5.26 Å². The summed E-state index contributed by atoms with van der Waals surface area (Å²) in [6, 6.07) is 13.8. The Balaban J connectivity index is -0.0000000608. The molecule has 1 amide bonds. The summed E-state index contributed by atoms with van der Waals surface area (Å²) >= 11 is 0. The number of carbonyl (C=O) groups is 1. The van der Waals surface area contributed by atoms with E-state index in [4.69, 9.17) is 10.1 Å². The number of halogens is 2. The summed E-state index contributed by atoms with van der Waals surface area (Å²) in [5, 5.41) is 7.32. The Morgan fingerprint density at radius 3 is 1.33 bits per heavy atom. The van der Waals surface area contributed by atoms with E-state index in [1.807, 2.05) is 36.4 Å². The third-order valence-corrected chi connectivity index (χ3v) is 0.735. The largest absolute Gasteiger partial charge is 0.297 e. The van der Waals surface area contributed by atoms with Gasteiger partial charge in [-0.1, -0.05) is 36.4 Å². The normalized spacial score (nSPS) is 5.13. The van der Waals surface area contributed by atoms with E-state index < -0.39 is 0 Å². The smallest absolute Gasteiger partial charge is 0.221 e. The molecule has 86 valence electrons. The highest BCUT2D eigenvalue weighted by atomic mass is 19.0. The van der Waals surface area contributed by atoms with E-state index in [9.17, 15) is 0 Å². The zero-order valence-corrected chi connectivity index (χ0v) is 8.29. The first-order valence-electron chi connectivity index (χ1n) is 3.54. The number of hydrogen-bond donors (Lipinski definition) is 2. The van der Waals surface area contributed by atoms with Crippen LogP contribution in [0.4, 0.5) is 9.41 Å². The van der Waals surface area contributed by atoms with E-state index in [-0.39, 0.29) is 9.41 Å². The van der Waals surface area contributed by atoms with Crippen molar-refractivity contribution in [2.75, 3.05) is 0 Å². The summed E-state index contributed by atoms with van der Waals surface area (Å²) in [7, 11) is 0. The molecule has 0 saturated carbocycles. The quantitative estimate of drug-likeness (QED) is 0.321. The van der Waals surface area contributed by atoms with Gasteiger partial charge in [-0.3, -0.25) is 19.6 Å². The van der Waals surface area contributed by atoms with Gasteiger partial charge in [0, 0.05) is 6.92 Å². The molecule has 0 fully saturated rings. The molecule has 0 atom stereocenters. The summed E-state index contributed by atoms with van der Waals surface area (Å²) in [6.45, 7) is 1.43. The zero-order chi connectivity index (χ0) is 10.4. The number of amides is 1. The van der Waals surface area contributed by atoms with Crippen molar-refractivity contribution in [1.82, 2.24) is 5.43 Å². The van der Waals surface area contributed by atoms with Crippen LogP contribution in [0.3, 0.4) is 0 Å². The number of hydrazine groups is 1. The molecule has 6 heteroatoms. The van der Waals surface area contributed by atoms with Crippen molar-refractivity contribution >= 4 is 6.41 Å². The molecule has 0 aliphatic carbocycles. The van der Waals surface area contributed by atoms with Gasteiger partial charge in [0.05, 0.1) is 6.07 Å². The van der Waals surface area contributed by atoms with Crippen LogP contribution in [0.25, 0.3) is 0 Å². The summed E-state index contributed by atoms with van der Waals surface area (Å²) < 4.78 is 0. The third kappa shape index (κ3) is 48.0. The van der Waals surface area contributed by atoms with Crippen LogP contribution in [-0.4, -0.2) is 6.41 Å². The average Bonchev–Trinajstić information content (AvgIpc) is 2.22. The van der Waals surface area contributed by atoms with Crippen LogP contribution in [0.5, 0.6) is 0 Å². The minimum absolute atomic E-state index is 0. The Hall–Kier alpha value is -2.00. The van der Waals surface area contributed by atoms with Gasteiger partial charge in [-0.15, -0.1) is 0 Å². The second-order valence-corrected chi connectivity index (χ2v) is 1.66. The highest BCUT2D eigenvalue weighted by molar-refractivity contribution is 5.44. The van der Waals surface area contributed by atoms with Gasteiger partial charge in [-0.05, 0) is 0 Å². The lowest BCUT2D eigenvalue weighted by molar-refractivity contribution is -0.109. The van der Waals surface area contributed by atoms with Gasteiger partial charge in [0.2, 0.25) is 6.41 Å². The molecular formula is C9H15F2N3O. The highest BCUT2D eigenvalue weighted by Crippen LogP contribution is 1.79. The van der Waals surface area contributed by atoms with Crippen molar-refractivity contribution in [3.63, 3.8) is 0 Å². The van der Waals surface area contributed by atoms with E-state index in [2.05, 4.69) is 5.84 Å². The van der Waals surface area contributed by atoms with Crippen molar-refractivity contribution in [3.05, 3.63) is 36.4 Å². The second kappa shape index (κ2) is 29.6. The van der Waals surface area contributed by atoms with Crippen LogP contribution in [0.2, 0.25) is 0 Å². The lowest BCUT2D eigenvalue weighted by Gasteiger charge is -1.69. The molecule has 0 radical (unpaired) electrons. The lowest BCUT2D eigenvalue weighted by atomic mass is 10.4. The topological polar surface area (TPSA) is 78.9 Å². The maximum absolute atomic E-state index is 8.94. The van der Waals surface area contributed by atoms with E-state index in [0.717, 1.165) is 0 Å². The summed E-state index contributed by atoms with van der Waals surface area (Å²) in [4.78, 5) is 8.94. The summed E-state index contributed by atoms with van der Waals surface area (Å²) in [6.07, 6.45) is 0.403. The number of nitrogens with two attached hydrogens (primary N) is 1. The molecule has 0 saturated heterocycles. The zero-order valence-electron chi connectivity index (χ0n) is 8.29. The Bertz CT molecular complexity index is 200. The lowest BCUT2D eigenvalue weighted by Crippen LogP contribution is -2.18. The molecule has 0 bridgehead atoms. The minimum Gasteiger partial charge on any atom is -0.297 e. The first-order valence-corrected chi connectivity index (χ1v) is 3.54. The summed E-state index contributed by atoms with van der Waals surface area (Å²) in [5.41, 5.74) is 1.75.